The zero-order valence-corrected chi connectivity index (χ0v) is 19.0. The van der Waals surface area contributed by atoms with Crippen molar-refractivity contribution in [1.82, 2.24) is 0 Å². The summed E-state index contributed by atoms with van der Waals surface area (Å²) in [6.07, 6.45) is 6.12. The summed E-state index contributed by atoms with van der Waals surface area (Å²) in [5.74, 6) is 1.56. The summed E-state index contributed by atoms with van der Waals surface area (Å²) in [4.78, 5) is 12.5. The van der Waals surface area contributed by atoms with E-state index in [2.05, 4.69) is 13.8 Å². The fourth-order valence-corrected chi connectivity index (χ4v) is 3.33. The fraction of sp³-hybridized carbons (Fsp3) is 0.321. The van der Waals surface area contributed by atoms with Gasteiger partial charge in [-0.15, -0.1) is 0 Å². The Labute approximate surface area is 191 Å². The van der Waals surface area contributed by atoms with Gasteiger partial charge < -0.3 is 14.2 Å². The van der Waals surface area contributed by atoms with Crippen molar-refractivity contribution in [3.8, 4) is 17.2 Å². The zero-order valence-electron chi connectivity index (χ0n) is 19.0. The van der Waals surface area contributed by atoms with Crippen LogP contribution in [0.25, 0.3) is 0 Å². The van der Waals surface area contributed by atoms with Crippen molar-refractivity contribution in [1.29, 1.82) is 0 Å². The molecule has 0 spiro atoms. The molecule has 1 atom stereocenters. The molecule has 0 bridgehead atoms. The molecular formula is C28H32O4. The van der Waals surface area contributed by atoms with Crippen molar-refractivity contribution < 1.29 is 19.0 Å². The second kappa shape index (κ2) is 12.6. The van der Waals surface area contributed by atoms with Crippen LogP contribution in [-0.2, 0) is 6.61 Å². The lowest BCUT2D eigenvalue weighted by Crippen LogP contribution is -2.12. The van der Waals surface area contributed by atoms with Gasteiger partial charge in [0.1, 0.15) is 23.9 Å². The van der Waals surface area contributed by atoms with Crippen molar-refractivity contribution in [3.63, 3.8) is 0 Å². The maximum absolute atomic E-state index is 12.5. The van der Waals surface area contributed by atoms with Crippen LogP contribution >= 0.6 is 0 Å². The molecule has 4 heteroatoms. The highest BCUT2D eigenvalue weighted by atomic mass is 16.5. The van der Waals surface area contributed by atoms with Crippen LogP contribution in [0.5, 0.6) is 17.2 Å². The summed E-state index contributed by atoms with van der Waals surface area (Å²) in [5.41, 5.74) is 1.58. The van der Waals surface area contributed by atoms with E-state index in [0.29, 0.717) is 17.9 Å². The van der Waals surface area contributed by atoms with Crippen molar-refractivity contribution in [2.75, 3.05) is 0 Å². The molecule has 3 aromatic rings. The van der Waals surface area contributed by atoms with Crippen LogP contribution in [0.1, 0.15) is 61.9 Å². The van der Waals surface area contributed by atoms with Crippen molar-refractivity contribution in [3.05, 3.63) is 90.0 Å². The first-order chi connectivity index (χ1) is 15.6. The zero-order chi connectivity index (χ0) is 22.6. The Kier molecular flexibility index (Phi) is 9.18. The molecule has 1 unspecified atom stereocenters. The number of carbonyl (C=O) groups excluding carboxylic acids is 1. The van der Waals surface area contributed by atoms with Gasteiger partial charge in [-0.25, -0.2) is 4.79 Å². The Bertz CT molecular complexity index is 933. The number of benzene rings is 3. The third-order valence-corrected chi connectivity index (χ3v) is 5.17. The number of esters is 1. The molecule has 0 aliphatic rings. The minimum Gasteiger partial charge on any atom is -0.491 e. The van der Waals surface area contributed by atoms with Gasteiger partial charge in [0, 0.05) is 0 Å². The predicted octanol–water partition coefficient (Wildman–Crippen LogP) is 7.22. The lowest BCUT2D eigenvalue weighted by molar-refractivity contribution is 0.0734. The minimum atomic E-state index is -0.401. The van der Waals surface area contributed by atoms with Crippen LogP contribution in [0.15, 0.2) is 78.9 Å². The Balaban J connectivity index is 1.45. The van der Waals surface area contributed by atoms with Crippen LogP contribution in [-0.4, -0.2) is 12.1 Å². The number of unbranched alkanes of at least 4 members (excludes halogenated alkanes) is 3. The van der Waals surface area contributed by atoms with E-state index in [0.717, 1.165) is 23.5 Å². The summed E-state index contributed by atoms with van der Waals surface area (Å²) >= 11 is 0. The summed E-state index contributed by atoms with van der Waals surface area (Å²) < 4.78 is 17.2. The van der Waals surface area contributed by atoms with Crippen LogP contribution in [0, 0.1) is 0 Å². The molecule has 0 saturated carbocycles. The Hall–Kier alpha value is -3.27. The second-order valence-electron chi connectivity index (χ2n) is 7.94. The number of hydrogen-bond acceptors (Lipinski definition) is 4. The molecule has 0 heterocycles. The van der Waals surface area contributed by atoms with Crippen LogP contribution < -0.4 is 14.2 Å². The normalized spacial score (nSPS) is 11.6. The molecule has 32 heavy (non-hydrogen) atoms. The van der Waals surface area contributed by atoms with E-state index in [4.69, 9.17) is 14.2 Å². The highest BCUT2D eigenvalue weighted by Gasteiger charge is 2.10. The summed E-state index contributed by atoms with van der Waals surface area (Å²) in [6.45, 7) is 4.79. The molecule has 0 N–H and O–H groups in total. The highest BCUT2D eigenvalue weighted by molar-refractivity contribution is 5.91. The average molecular weight is 433 g/mol. The summed E-state index contributed by atoms with van der Waals surface area (Å²) in [6, 6.07) is 24.1. The van der Waals surface area contributed by atoms with E-state index < -0.39 is 5.97 Å². The second-order valence-corrected chi connectivity index (χ2v) is 7.94. The van der Waals surface area contributed by atoms with Crippen LogP contribution in [0.3, 0.4) is 0 Å². The number of hydrogen-bond donors (Lipinski definition) is 0. The molecule has 0 aromatic heterocycles. The fourth-order valence-electron chi connectivity index (χ4n) is 3.33. The molecule has 0 radical (unpaired) electrons. The van der Waals surface area contributed by atoms with E-state index in [-0.39, 0.29) is 6.10 Å². The van der Waals surface area contributed by atoms with Gasteiger partial charge in [-0.2, -0.15) is 0 Å². The predicted molar refractivity (Wildman–Crippen MR) is 127 cm³/mol. The number of carbonyl (C=O) groups is 1. The van der Waals surface area contributed by atoms with E-state index >= 15 is 0 Å². The van der Waals surface area contributed by atoms with Crippen LogP contribution in [0.2, 0.25) is 0 Å². The Morgan fingerprint density at radius 3 is 2.12 bits per heavy atom. The standard InChI is InChI=1S/C28H32O4/c1-3-4-5-7-10-22(2)31-26-15-13-24(14-16-26)28(29)32-27-19-17-25(18-20-27)30-21-23-11-8-6-9-12-23/h6,8-9,11-20,22H,3-5,7,10,21H2,1-2H3. The average Bonchev–Trinajstić information content (AvgIpc) is 2.82. The van der Waals surface area contributed by atoms with E-state index in [1.54, 1.807) is 36.4 Å². The molecule has 3 aromatic carbocycles. The summed E-state index contributed by atoms with van der Waals surface area (Å²) in [5, 5.41) is 0. The molecule has 0 aliphatic heterocycles. The monoisotopic (exact) mass is 432 g/mol. The lowest BCUT2D eigenvalue weighted by Gasteiger charge is -2.14. The maximum atomic E-state index is 12.5. The smallest absolute Gasteiger partial charge is 0.343 e. The number of ether oxygens (including phenoxy) is 3. The Morgan fingerprint density at radius 2 is 1.44 bits per heavy atom. The SMILES string of the molecule is CCCCCCC(C)Oc1ccc(C(=O)Oc2ccc(OCc3ccccc3)cc2)cc1. The third-order valence-electron chi connectivity index (χ3n) is 5.17. The molecule has 3 rings (SSSR count). The van der Waals surface area contributed by atoms with Crippen molar-refractivity contribution in [2.45, 2.75) is 58.7 Å². The molecular weight excluding hydrogens is 400 g/mol. The van der Waals surface area contributed by atoms with Gasteiger partial charge in [0.2, 0.25) is 0 Å². The number of rotatable bonds is 12. The molecule has 0 aliphatic carbocycles. The van der Waals surface area contributed by atoms with Gasteiger partial charge >= 0.3 is 5.97 Å². The third kappa shape index (κ3) is 7.77. The Morgan fingerprint density at radius 1 is 0.781 bits per heavy atom. The summed E-state index contributed by atoms with van der Waals surface area (Å²) in [7, 11) is 0. The first-order valence-electron chi connectivity index (χ1n) is 11.4. The quantitative estimate of drug-likeness (QED) is 0.172. The highest BCUT2D eigenvalue weighted by Crippen LogP contribution is 2.21. The van der Waals surface area contributed by atoms with Gasteiger partial charge in [-0.1, -0.05) is 56.5 Å². The van der Waals surface area contributed by atoms with E-state index in [1.807, 2.05) is 42.5 Å². The largest absolute Gasteiger partial charge is 0.491 e. The molecule has 0 saturated heterocycles. The van der Waals surface area contributed by atoms with Gasteiger partial charge in [0.15, 0.2) is 0 Å². The van der Waals surface area contributed by atoms with Gasteiger partial charge in [0.25, 0.3) is 0 Å². The minimum absolute atomic E-state index is 0.160. The van der Waals surface area contributed by atoms with Gasteiger partial charge in [0.05, 0.1) is 11.7 Å². The van der Waals surface area contributed by atoms with Crippen molar-refractivity contribution >= 4 is 5.97 Å². The molecule has 0 amide bonds. The van der Waals surface area contributed by atoms with Crippen molar-refractivity contribution in [2.24, 2.45) is 0 Å². The topological polar surface area (TPSA) is 44.8 Å². The first-order valence-corrected chi connectivity index (χ1v) is 11.4. The van der Waals surface area contributed by atoms with Gasteiger partial charge in [-0.3, -0.25) is 0 Å². The molecule has 168 valence electrons. The van der Waals surface area contributed by atoms with Gasteiger partial charge in [-0.05, 0) is 73.9 Å². The van der Waals surface area contributed by atoms with E-state index in [1.165, 1.54) is 25.7 Å². The first kappa shape index (κ1) is 23.4. The lowest BCUT2D eigenvalue weighted by atomic mass is 10.1. The molecule has 0 fully saturated rings. The maximum Gasteiger partial charge on any atom is 0.343 e. The van der Waals surface area contributed by atoms with Crippen LogP contribution in [0.4, 0.5) is 0 Å². The van der Waals surface area contributed by atoms with E-state index in [9.17, 15) is 4.79 Å². The molecule has 4 nitrogen and oxygen atoms in total.